The van der Waals surface area contributed by atoms with Crippen LogP contribution in [-0.4, -0.2) is 42.8 Å². The summed E-state index contributed by atoms with van der Waals surface area (Å²) in [4.78, 5) is 22.3. The Balaban J connectivity index is 0. The van der Waals surface area contributed by atoms with Crippen molar-refractivity contribution in [2.75, 3.05) is 26.4 Å². The predicted molar refractivity (Wildman–Crippen MR) is 90.0 cm³/mol. The van der Waals surface area contributed by atoms with E-state index in [9.17, 15) is 9.59 Å². The molecule has 2 fully saturated rings. The molecule has 0 amide bonds. The Kier molecular flexibility index (Phi) is 9.87. The molecule has 5 heteroatoms. The van der Waals surface area contributed by atoms with Crippen LogP contribution in [0, 0.1) is 10.8 Å². The van der Waals surface area contributed by atoms with Gasteiger partial charge < -0.3 is 9.47 Å². The molecule has 0 N–H and O–H groups in total. The number of halogens is 1. The molecule has 0 radical (unpaired) electrons. The number of ketones is 2. The Bertz CT molecular complexity index is 350. The van der Waals surface area contributed by atoms with Crippen LogP contribution >= 0.6 is 15.9 Å². The van der Waals surface area contributed by atoms with Crippen molar-refractivity contribution in [1.29, 1.82) is 0 Å². The van der Waals surface area contributed by atoms with Crippen molar-refractivity contribution in [2.45, 2.75) is 53.8 Å². The van der Waals surface area contributed by atoms with E-state index in [0.29, 0.717) is 38.6 Å². The number of carbonyl (C=O) groups is 2. The van der Waals surface area contributed by atoms with E-state index in [1.54, 1.807) is 0 Å². The second kappa shape index (κ2) is 9.01. The number of ether oxygens (including phenoxy) is 2. The van der Waals surface area contributed by atoms with Crippen LogP contribution in [0.1, 0.15) is 49.0 Å². The Morgan fingerprint density at radius 2 is 1.52 bits per heavy atom. The van der Waals surface area contributed by atoms with E-state index in [-0.39, 0.29) is 36.3 Å². The van der Waals surface area contributed by atoms with E-state index in [4.69, 9.17) is 9.47 Å². The monoisotopic (exact) mass is 366 g/mol. The van der Waals surface area contributed by atoms with Crippen LogP contribution in [0.3, 0.4) is 0 Å². The van der Waals surface area contributed by atoms with Gasteiger partial charge >= 0.3 is 0 Å². The van der Waals surface area contributed by atoms with Crippen LogP contribution in [-0.2, 0) is 19.1 Å². The Morgan fingerprint density at radius 1 is 1.00 bits per heavy atom. The Hall–Kier alpha value is -0.260. The lowest BCUT2D eigenvalue weighted by atomic mass is 9.86. The SMILES string of the molecule is C.C.CC1(C)COCC(Br)C1=O.CC1(C)COCCC1=O. The molecular formula is C16H31BrO4. The molecule has 2 saturated heterocycles. The Labute approximate surface area is 138 Å². The first-order chi connectivity index (χ1) is 8.67. The lowest BCUT2D eigenvalue weighted by molar-refractivity contribution is -0.137. The molecule has 0 aromatic rings. The normalized spacial score (nSPS) is 26.6. The molecule has 1 unspecified atom stereocenters. The highest BCUT2D eigenvalue weighted by atomic mass is 79.9. The number of alkyl halides is 1. The third-order valence-electron chi connectivity index (χ3n) is 3.37. The van der Waals surface area contributed by atoms with E-state index >= 15 is 0 Å². The van der Waals surface area contributed by atoms with Crippen LogP contribution in [0.25, 0.3) is 0 Å². The molecule has 0 aliphatic carbocycles. The number of Topliss-reactive ketones (excluding diaryl/α,β-unsaturated/α-hetero) is 2. The van der Waals surface area contributed by atoms with Crippen LogP contribution in [0.15, 0.2) is 0 Å². The molecule has 0 aromatic heterocycles. The zero-order valence-electron chi connectivity index (χ0n) is 12.1. The molecule has 0 bridgehead atoms. The zero-order chi connectivity index (χ0) is 14.7. The van der Waals surface area contributed by atoms with Gasteiger partial charge in [-0.15, -0.1) is 0 Å². The summed E-state index contributed by atoms with van der Waals surface area (Å²) in [5.41, 5.74) is -0.523. The minimum atomic E-state index is -0.299. The van der Waals surface area contributed by atoms with Crippen molar-refractivity contribution in [3.63, 3.8) is 0 Å². The molecule has 2 rings (SSSR count). The van der Waals surface area contributed by atoms with E-state index in [0.717, 1.165) is 0 Å². The largest absolute Gasteiger partial charge is 0.380 e. The second-order valence-corrected chi connectivity index (χ2v) is 7.45. The number of hydrogen-bond acceptors (Lipinski definition) is 4. The maximum atomic E-state index is 11.3. The predicted octanol–water partition coefficient (Wildman–Crippen LogP) is 3.65. The van der Waals surface area contributed by atoms with Gasteiger partial charge in [-0.25, -0.2) is 0 Å². The molecule has 0 aromatic carbocycles. The van der Waals surface area contributed by atoms with Crippen molar-refractivity contribution in [3.8, 4) is 0 Å². The number of hydrogen-bond donors (Lipinski definition) is 0. The lowest BCUT2D eigenvalue weighted by Gasteiger charge is -2.30. The molecule has 21 heavy (non-hydrogen) atoms. The van der Waals surface area contributed by atoms with Gasteiger partial charge in [0.25, 0.3) is 0 Å². The third kappa shape index (κ3) is 6.57. The highest BCUT2D eigenvalue weighted by molar-refractivity contribution is 9.10. The van der Waals surface area contributed by atoms with Crippen molar-refractivity contribution in [2.24, 2.45) is 10.8 Å². The maximum absolute atomic E-state index is 11.3. The minimum absolute atomic E-state index is 0. The molecule has 0 spiro atoms. The highest BCUT2D eigenvalue weighted by Gasteiger charge is 2.36. The molecule has 126 valence electrons. The van der Waals surface area contributed by atoms with Gasteiger partial charge in [-0.05, 0) is 0 Å². The topological polar surface area (TPSA) is 52.6 Å². The standard InChI is InChI=1S/C7H11BrO2.C7H12O2.2CH4/c1-7(2)4-10-3-5(8)6(7)9;1-7(2)5-9-4-3-6(7)8;;/h5H,3-4H2,1-2H3;3-5H2,1-2H3;2*1H4. The summed E-state index contributed by atoms with van der Waals surface area (Å²) in [5.74, 6) is 0.576. The van der Waals surface area contributed by atoms with E-state index in [1.165, 1.54) is 0 Å². The summed E-state index contributed by atoms with van der Waals surface area (Å²) in [6.45, 7) is 9.93. The quantitative estimate of drug-likeness (QED) is 0.614. The van der Waals surface area contributed by atoms with Gasteiger partial charge in [-0.2, -0.15) is 0 Å². The maximum Gasteiger partial charge on any atom is 0.156 e. The molecule has 2 heterocycles. The summed E-state index contributed by atoms with van der Waals surface area (Å²) in [6.07, 6.45) is 0.590. The summed E-state index contributed by atoms with van der Waals surface area (Å²) in [7, 11) is 0. The van der Waals surface area contributed by atoms with Gasteiger partial charge in [-0.1, -0.05) is 58.5 Å². The van der Waals surface area contributed by atoms with Gasteiger partial charge in [0.2, 0.25) is 0 Å². The number of carbonyl (C=O) groups excluding carboxylic acids is 2. The van der Waals surface area contributed by atoms with E-state index in [1.807, 2.05) is 27.7 Å². The molecule has 1 atom stereocenters. The van der Waals surface area contributed by atoms with Gasteiger partial charge in [0, 0.05) is 17.3 Å². The first-order valence-electron chi connectivity index (χ1n) is 6.54. The van der Waals surface area contributed by atoms with Crippen molar-refractivity contribution in [3.05, 3.63) is 0 Å². The first-order valence-corrected chi connectivity index (χ1v) is 7.45. The van der Waals surface area contributed by atoms with Crippen molar-refractivity contribution < 1.29 is 19.1 Å². The van der Waals surface area contributed by atoms with Crippen LogP contribution in [0.4, 0.5) is 0 Å². The summed E-state index contributed by atoms with van der Waals surface area (Å²) in [6, 6.07) is 0. The van der Waals surface area contributed by atoms with Crippen LogP contribution in [0.2, 0.25) is 0 Å². The average Bonchev–Trinajstić information content (AvgIpc) is 2.31. The zero-order valence-corrected chi connectivity index (χ0v) is 13.7. The third-order valence-corrected chi connectivity index (χ3v) is 4.05. The first kappa shape index (κ1) is 23.0. The van der Waals surface area contributed by atoms with Gasteiger partial charge in [-0.3, -0.25) is 9.59 Å². The minimum Gasteiger partial charge on any atom is -0.380 e. The van der Waals surface area contributed by atoms with Crippen LogP contribution < -0.4 is 0 Å². The van der Waals surface area contributed by atoms with E-state index in [2.05, 4.69) is 15.9 Å². The van der Waals surface area contributed by atoms with Gasteiger partial charge in [0.1, 0.15) is 5.78 Å². The second-order valence-electron chi connectivity index (χ2n) is 6.34. The molecule has 0 saturated carbocycles. The van der Waals surface area contributed by atoms with Gasteiger partial charge in [0.05, 0.1) is 31.3 Å². The molecule has 2 aliphatic heterocycles. The van der Waals surface area contributed by atoms with Crippen LogP contribution in [0.5, 0.6) is 0 Å². The lowest BCUT2D eigenvalue weighted by Crippen LogP contribution is -2.42. The summed E-state index contributed by atoms with van der Waals surface area (Å²) < 4.78 is 10.3. The fourth-order valence-corrected chi connectivity index (χ4v) is 2.71. The van der Waals surface area contributed by atoms with Gasteiger partial charge in [0.15, 0.2) is 5.78 Å². The van der Waals surface area contributed by atoms with Crippen molar-refractivity contribution >= 4 is 27.5 Å². The molecular weight excluding hydrogens is 336 g/mol. The number of rotatable bonds is 0. The molecule has 4 nitrogen and oxygen atoms in total. The van der Waals surface area contributed by atoms with E-state index < -0.39 is 0 Å². The summed E-state index contributed by atoms with van der Waals surface area (Å²) in [5, 5.41) is 0. The highest BCUT2D eigenvalue weighted by Crippen LogP contribution is 2.26. The Morgan fingerprint density at radius 3 is 1.86 bits per heavy atom. The van der Waals surface area contributed by atoms with Crippen molar-refractivity contribution in [1.82, 2.24) is 0 Å². The average molecular weight is 367 g/mol. The summed E-state index contributed by atoms with van der Waals surface area (Å²) >= 11 is 3.25. The fraction of sp³-hybridized carbons (Fsp3) is 0.875. The molecule has 2 aliphatic rings. The fourth-order valence-electron chi connectivity index (χ4n) is 1.90. The smallest absolute Gasteiger partial charge is 0.156 e.